The van der Waals surface area contributed by atoms with Crippen LogP contribution in [0.5, 0.6) is 0 Å². The highest BCUT2D eigenvalue weighted by Gasteiger charge is 1.81. The van der Waals surface area contributed by atoms with Crippen molar-refractivity contribution >= 4 is 5.97 Å². The Morgan fingerprint density at radius 1 is 1.67 bits per heavy atom. The van der Waals surface area contributed by atoms with Crippen molar-refractivity contribution in [2.24, 2.45) is 0 Å². The van der Waals surface area contributed by atoms with E-state index in [0.29, 0.717) is 0 Å². The van der Waals surface area contributed by atoms with E-state index in [9.17, 15) is 4.79 Å². The Morgan fingerprint density at radius 3 is 2.00 bits per heavy atom. The average molecular weight is 136 g/mol. The minimum absolute atomic E-state index is 0. The molecule has 0 spiro atoms. The molecule has 0 aliphatic heterocycles. The Morgan fingerprint density at radius 2 is 2.00 bits per heavy atom. The maximum atomic E-state index is 9.84. The van der Waals surface area contributed by atoms with E-state index in [1.165, 1.54) is 7.11 Å². The van der Waals surface area contributed by atoms with Crippen molar-refractivity contribution in [2.45, 2.75) is 0 Å². The van der Waals surface area contributed by atoms with Crippen molar-refractivity contribution in [3.05, 3.63) is 12.7 Å². The van der Waals surface area contributed by atoms with Crippen LogP contribution in [-0.4, -0.2) is 30.8 Å². The number of methoxy groups -OCH3 is 1. The van der Waals surface area contributed by atoms with Gasteiger partial charge in [-0.2, -0.15) is 0 Å². The highest BCUT2D eigenvalue weighted by Crippen LogP contribution is 1.67. The number of aliphatic hydroxyl groups excluding tert-OH is 1. The van der Waals surface area contributed by atoms with Gasteiger partial charge in [-0.1, -0.05) is 6.58 Å². The number of esters is 1. The minimum Gasteiger partial charge on any atom is -0.466 e. The Bertz CT molecular complexity index is 69.4. The number of rotatable bonds is 1. The lowest BCUT2D eigenvalue weighted by molar-refractivity contribution is -0.134. The molecule has 4 heteroatoms. The molecular formula is C5H12O4. The first-order valence-electron chi connectivity index (χ1n) is 1.96. The van der Waals surface area contributed by atoms with Gasteiger partial charge in [0.1, 0.15) is 0 Å². The summed E-state index contributed by atoms with van der Waals surface area (Å²) in [5.74, 6) is -0.394. The maximum Gasteiger partial charge on any atom is 0.329 e. The molecule has 0 aliphatic rings. The minimum atomic E-state index is -0.394. The monoisotopic (exact) mass is 136 g/mol. The summed E-state index contributed by atoms with van der Waals surface area (Å²) in [6, 6.07) is 0. The molecule has 0 atom stereocenters. The van der Waals surface area contributed by atoms with E-state index in [-0.39, 0.29) is 5.48 Å². The van der Waals surface area contributed by atoms with Gasteiger partial charge in [0, 0.05) is 13.2 Å². The average Bonchev–Trinajstić information content (AvgIpc) is 1.91. The van der Waals surface area contributed by atoms with Crippen molar-refractivity contribution in [1.82, 2.24) is 0 Å². The van der Waals surface area contributed by atoms with Gasteiger partial charge < -0.3 is 15.3 Å². The van der Waals surface area contributed by atoms with Gasteiger partial charge in [0.25, 0.3) is 0 Å². The summed E-state index contributed by atoms with van der Waals surface area (Å²) in [7, 11) is 2.31. The lowest BCUT2D eigenvalue weighted by Crippen LogP contribution is -1.91. The van der Waals surface area contributed by atoms with Crippen LogP contribution in [0.25, 0.3) is 0 Å². The molecule has 0 bridgehead atoms. The largest absolute Gasteiger partial charge is 0.466 e. The fourth-order valence-corrected chi connectivity index (χ4v) is 0.0833. The highest BCUT2D eigenvalue weighted by atomic mass is 16.5. The molecule has 0 amide bonds. The van der Waals surface area contributed by atoms with Gasteiger partial charge in [-0.05, 0) is 0 Å². The first kappa shape index (κ1) is 15.7. The van der Waals surface area contributed by atoms with Crippen molar-refractivity contribution < 1.29 is 20.1 Å². The van der Waals surface area contributed by atoms with Crippen LogP contribution in [0.4, 0.5) is 0 Å². The van der Waals surface area contributed by atoms with Crippen LogP contribution in [0.2, 0.25) is 0 Å². The van der Waals surface area contributed by atoms with Gasteiger partial charge in [-0.3, -0.25) is 0 Å². The summed E-state index contributed by atoms with van der Waals surface area (Å²) >= 11 is 0. The van der Waals surface area contributed by atoms with Gasteiger partial charge in [0.2, 0.25) is 0 Å². The third kappa shape index (κ3) is 19.2. The summed E-state index contributed by atoms with van der Waals surface area (Å²) in [6.07, 6.45) is 1.11. The van der Waals surface area contributed by atoms with E-state index in [1.807, 2.05) is 0 Å². The van der Waals surface area contributed by atoms with Gasteiger partial charge in [0.05, 0.1) is 7.11 Å². The summed E-state index contributed by atoms with van der Waals surface area (Å²) < 4.78 is 4.14. The van der Waals surface area contributed by atoms with Crippen LogP contribution >= 0.6 is 0 Å². The smallest absolute Gasteiger partial charge is 0.329 e. The molecule has 0 aromatic heterocycles. The Labute approximate surface area is 54.1 Å². The molecule has 0 aliphatic carbocycles. The quantitative estimate of drug-likeness (QED) is 0.376. The lowest BCUT2D eigenvalue weighted by Gasteiger charge is -1.83. The van der Waals surface area contributed by atoms with Crippen LogP contribution < -0.4 is 0 Å². The maximum absolute atomic E-state index is 9.84. The summed E-state index contributed by atoms with van der Waals surface area (Å²) in [5.41, 5.74) is 0. The molecule has 56 valence electrons. The molecule has 9 heavy (non-hydrogen) atoms. The first-order chi connectivity index (χ1) is 3.81. The standard InChI is InChI=1S/C4H6O2.CH4O.H2O/c1-3-4(5)6-2;1-2;/h3H,1H2,2H3;2H,1H3;1H2. The van der Waals surface area contributed by atoms with Crippen LogP contribution in [0, 0.1) is 0 Å². The number of hydrogen-bond donors (Lipinski definition) is 1. The van der Waals surface area contributed by atoms with E-state index < -0.39 is 5.97 Å². The van der Waals surface area contributed by atoms with Crippen molar-refractivity contribution in [1.29, 1.82) is 0 Å². The van der Waals surface area contributed by atoms with Gasteiger partial charge >= 0.3 is 5.97 Å². The van der Waals surface area contributed by atoms with Crippen molar-refractivity contribution in [3.8, 4) is 0 Å². The van der Waals surface area contributed by atoms with Gasteiger partial charge in [0.15, 0.2) is 0 Å². The van der Waals surface area contributed by atoms with Gasteiger partial charge in [-0.25, -0.2) is 4.79 Å². The summed E-state index contributed by atoms with van der Waals surface area (Å²) in [6.45, 7) is 3.16. The van der Waals surface area contributed by atoms with Crippen molar-refractivity contribution in [3.63, 3.8) is 0 Å². The van der Waals surface area contributed by atoms with Crippen LogP contribution in [0.1, 0.15) is 0 Å². The fraction of sp³-hybridized carbons (Fsp3) is 0.400. The van der Waals surface area contributed by atoms with Crippen LogP contribution in [0.3, 0.4) is 0 Å². The fourth-order valence-electron chi connectivity index (χ4n) is 0.0833. The zero-order valence-electron chi connectivity index (χ0n) is 5.55. The second-order valence-electron chi connectivity index (χ2n) is 0.727. The molecule has 0 saturated heterocycles. The number of ether oxygens (including phenoxy) is 1. The Hall–Kier alpha value is -0.870. The SMILES string of the molecule is C=CC(=O)OC.CO.O. The molecule has 3 N–H and O–H groups in total. The third-order valence-corrected chi connectivity index (χ3v) is 0.368. The van der Waals surface area contributed by atoms with Crippen LogP contribution in [0.15, 0.2) is 12.7 Å². The number of hydrogen-bond acceptors (Lipinski definition) is 3. The first-order valence-corrected chi connectivity index (χ1v) is 1.96. The molecule has 0 rings (SSSR count). The summed E-state index contributed by atoms with van der Waals surface area (Å²) in [5, 5.41) is 7.00. The zero-order chi connectivity index (χ0) is 6.99. The molecular weight excluding hydrogens is 124 g/mol. The lowest BCUT2D eigenvalue weighted by atomic mass is 10.7. The number of carbonyl (C=O) groups excluding carboxylic acids is 1. The van der Waals surface area contributed by atoms with Crippen molar-refractivity contribution in [2.75, 3.05) is 14.2 Å². The predicted octanol–water partition coefficient (Wildman–Crippen LogP) is -0.871. The number of aliphatic hydroxyl groups is 1. The van der Waals surface area contributed by atoms with E-state index in [0.717, 1.165) is 13.2 Å². The van der Waals surface area contributed by atoms with Crippen LogP contribution in [-0.2, 0) is 9.53 Å². The van der Waals surface area contributed by atoms with E-state index in [4.69, 9.17) is 5.11 Å². The summed E-state index contributed by atoms with van der Waals surface area (Å²) in [4.78, 5) is 9.84. The highest BCUT2D eigenvalue weighted by molar-refractivity contribution is 5.80. The molecule has 4 nitrogen and oxygen atoms in total. The van der Waals surface area contributed by atoms with E-state index in [1.54, 1.807) is 0 Å². The molecule has 0 fully saturated rings. The number of carbonyl (C=O) groups is 1. The molecule has 0 radical (unpaired) electrons. The second kappa shape index (κ2) is 15.7. The second-order valence-corrected chi connectivity index (χ2v) is 0.727. The molecule has 0 unspecified atom stereocenters. The molecule has 0 aromatic carbocycles. The molecule has 0 aromatic rings. The molecule has 0 saturated carbocycles. The third-order valence-electron chi connectivity index (χ3n) is 0.368. The Kier molecular flexibility index (Phi) is 27.4. The van der Waals surface area contributed by atoms with E-state index >= 15 is 0 Å². The Balaban J connectivity index is -0.000000109. The topological polar surface area (TPSA) is 78.0 Å². The van der Waals surface area contributed by atoms with Gasteiger partial charge in [-0.15, -0.1) is 0 Å². The molecule has 0 heterocycles. The predicted molar refractivity (Wildman–Crippen MR) is 34.0 cm³/mol. The van der Waals surface area contributed by atoms with E-state index in [2.05, 4.69) is 11.3 Å². The zero-order valence-corrected chi connectivity index (χ0v) is 5.55. The normalized spacial score (nSPS) is 5.22.